The number of hydrogen-bond acceptors (Lipinski definition) is 4. The number of methoxy groups -OCH3 is 1. The molecule has 0 aliphatic heterocycles. The molecule has 3 atom stereocenters. The van der Waals surface area contributed by atoms with Crippen LogP contribution in [0, 0.1) is 5.92 Å². The molecule has 1 saturated carbocycles. The Morgan fingerprint density at radius 2 is 2.40 bits per heavy atom. The molecule has 4 heteroatoms. The van der Waals surface area contributed by atoms with Gasteiger partial charge in [0.05, 0.1) is 19.6 Å². The first-order valence-corrected chi connectivity index (χ1v) is 8.47. The molecule has 2 rings (SSSR count). The van der Waals surface area contributed by atoms with Crippen molar-refractivity contribution >= 4 is 17.3 Å². The fourth-order valence-corrected chi connectivity index (χ4v) is 3.87. The maximum absolute atomic E-state index is 11.6. The van der Waals surface area contributed by atoms with Crippen molar-refractivity contribution in [1.29, 1.82) is 0 Å². The lowest BCUT2D eigenvalue weighted by Crippen LogP contribution is -2.37. The zero-order valence-electron chi connectivity index (χ0n) is 12.4. The standard InChI is InChI=1S/C16H25NO2S/c1-3-12-6-4-7-13(10-12)17-14(11-16(18)19-2)15-8-5-9-20-15/h5,8-9,12-14,17H,3-4,6-7,10-11H2,1-2H3. The van der Waals surface area contributed by atoms with Crippen LogP contribution in [0.3, 0.4) is 0 Å². The smallest absolute Gasteiger partial charge is 0.307 e. The molecule has 0 aromatic carbocycles. The second-order valence-electron chi connectivity index (χ2n) is 5.65. The molecule has 1 aliphatic rings. The Bertz CT molecular complexity index is 405. The van der Waals surface area contributed by atoms with Crippen LogP contribution in [-0.4, -0.2) is 19.1 Å². The summed E-state index contributed by atoms with van der Waals surface area (Å²) in [6.45, 7) is 2.28. The van der Waals surface area contributed by atoms with Crippen LogP contribution in [0.5, 0.6) is 0 Å². The summed E-state index contributed by atoms with van der Waals surface area (Å²) >= 11 is 1.71. The minimum Gasteiger partial charge on any atom is -0.469 e. The van der Waals surface area contributed by atoms with Crippen molar-refractivity contribution in [3.63, 3.8) is 0 Å². The van der Waals surface area contributed by atoms with Gasteiger partial charge in [0, 0.05) is 10.9 Å². The second kappa shape index (κ2) is 7.79. The van der Waals surface area contributed by atoms with E-state index in [0.717, 1.165) is 5.92 Å². The summed E-state index contributed by atoms with van der Waals surface area (Å²) in [6.07, 6.45) is 6.79. The number of ether oxygens (including phenoxy) is 1. The summed E-state index contributed by atoms with van der Waals surface area (Å²) in [6, 6.07) is 4.78. The van der Waals surface area contributed by atoms with Crippen LogP contribution < -0.4 is 5.32 Å². The second-order valence-corrected chi connectivity index (χ2v) is 6.63. The fourth-order valence-electron chi connectivity index (χ4n) is 3.08. The molecular weight excluding hydrogens is 270 g/mol. The average Bonchev–Trinajstić information content (AvgIpc) is 3.00. The molecule has 0 spiro atoms. The van der Waals surface area contributed by atoms with Crippen molar-refractivity contribution in [1.82, 2.24) is 5.32 Å². The predicted molar refractivity (Wildman–Crippen MR) is 82.9 cm³/mol. The molecule has 0 saturated heterocycles. The van der Waals surface area contributed by atoms with Crippen LogP contribution in [0.25, 0.3) is 0 Å². The van der Waals surface area contributed by atoms with Crippen LogP contribution in [-0.2, 0) is 9.53 Å². The number of carbonyl (C=O) groups excluding carboxylic acids is 1. The van der Waals surface area contributed by atoms with Crippen molar-refractivity contribution in [3.8, 4) is 0 Å². The van der Waals surface area contributed by atoms with E-state index < -0.39 is 0 Å². The van der Waals surface area contributed by atoms with Crippen LogP contribution in [0.1, 0.15) is 56.4 Å². The molecule has 3 nitrogen and oxygen atoms in total. The van der Waals surface area contributed by atoms with Crippen LogP contribution in [0.4, 0.5) is 0 Å². The molecule has 1 aromatic rings. The third-order valence-electron chi connectivity index (χ3n) is 4.28. The highest BCUT2D eigenvalue weighted by atomic mass is 32.1. The van der Waals surface area contributed by atoms with E-state index in [2.05, 4.69) is 23.7 Å². The maximum atomic E-state index is 11.6. The molecule has 20 heavy (non-hydrogen) atoms. The van der Waals surface area contributed by atoms with Gasteiger partial charge in [-0.3, -0.25) is 4.79 Å². The van der Waals surface area contributed by atoms with Gasteiger partial charge in [0.15, 0.2) is 0 Å². The van der Waals surface area contributed by atoms with E-state index in [-0.39, 0.29) is 12.0 Å². The van der Waals surface area contributed by atoms with Crippen molar-refractivity contribution < 1.29 is 9.53 Å². The van der Waals surface area contributed by atoms with Gasteiger partial charge in [-0.25, -0.2) is 0 Å². The third-order valence-corrected chi connectivity index (χ3v) is 5.27. The monoisotopic (exact) mass is 295 g/mol. The molecule has 3 unspecified atom stereocenters. The molecule has 1 heterocycles. The summed E-state index contributed by atoms with van der Waals surface area (Å²) < 4.78 is 4.84. The van der Waals surface area contributed by atoms with Gasteiger partial charge in [-0.2, -0.15) is 0 Å². The maximum Gasteiger partial charge on any atom is 0.307 e. The minimum atomic E-state index is -0.140. The van der Waals surface area contributed by atoms with Crippen molar-refractivity contribution in [2.45, 2.75) is 57.5 Å². The summed E-state index contributed by atoms with van der Waals surface area (Å²) in [4.78, 5) is 12.9. The Labute approximate surface area is 125 Å². The number of rotatable bonds is 6. The van der Waals surface area contributed by atoms with Gasteiger partial charge in [-0.05, 0) is 30.2 Å². The zero-order chi connectivity index (χ0) is 14.4. The first-order chi connectivity index (χ1) is 9.72. The summed E-state index contributed by atoms with van der Waals surface area (Å²) in [5.74, 6) is 0.696. The number of nitrogens with one attached hydrogen (secondary N) is 1. The summed E-state index contributed by atoms with van der Waals surface area (Å²) in [5.41, 5.74) is 0. The average molecular weight is 295 g/mol. The van der Waals surface area contributed by atoms with Gasteiger partial charge in [-0.15, -0.1) is 11.3 Å². The zero-order valence-corrected chi connectivity index (χ0v) is 13.2. The highest BCUT2D eigenvalue weighted by Gasteiger charge is 2.25. The first kappa shape index (κ1) is 15.5. The highest BCUT2D eigenvalue weighted by molar-refractivity contribution is 7.10. The van der Waals surface area contributed by atoms with Gasteiger partial charge < -0.3 is 10.1 Å². The molecule has 0 amide bonds. The lowest BCUT2D eigenvalue weighted by molar-refractivity contribution is -0.141. The molecule has 112 valence electrons. The number of thiophene rings is 1. The van der Waals surface area contributed by atoms with Gasteiger partial charge in [0.2, 0.25) is 0 Å². The van der Waals surface area contributed by atoms with Crippen molar-refractivity contribution in [3.05, 3.63) is 22.4 Å². The Kier molecular flexibility index (Phi) is 6.05. The number of carbonyl (C=O) groups is 1. The van der Waals surface area contributed by atoms with Crippen LogP contribution in [0.2, 0.25) is 0 Å². The van der Waals surface area contributed by atoms with E-state index in [1.54, 1.807) is 11.3 Å². The van der Waals surface area contributed by atoms with Crippen LogP contribution in [0.15, 0.2) is 17.5 Å². The normalized spacial score (nSPS) is 24.3. The van der Waals surface area contributed by atoms with E-state index in [4.69, 9.17) is 4.74 Å². The SMILES string of the molecule is CCC1CCCC(NC(CC(=O)OC)c2cccs2)C1. The van der Waals surface area contributed by atoms with Gasteiger partial charge >= 0.3 is 5.97 Å². The number of esters is 1. The van der Waals surface area contributed by atoms with Gasteiger partial charge in [0.25, 0.3) is 0 Å². The van der Waals surface area contributed by atoms with Crippen LogP contribution >= 0.6 is 11.3 Å². The highest BCUT2D eigenvalue weighted by Crippen LogP contribution is 2.30. The molecule has 1 N–H and O–H groups in total. The van der Waals surface area contributed by atoms with E-state index >= 15 is 0 Å². The Morgan fingerprint density at radius 1 is 1.55 bits per heavy atom. The first-order valence-electron chi connectivity index (χ1n) is 7.59. The predicted octanol–water partition coefficient (Wildman–Crippen LogP) is 3.91. The summed E-state index contributed by atoms with van der Waals surface area (Å²) in [5, 5.41) is 5.76. The van der Waals surface area contributed by atoms with E-state index in [0.29, 0.717) is 12.5 Å². The Hall–Kier alpha value is -0.870. The lowest BCUT2D eigenvalue weighted by Gasteiger charge is -2.32. The molecule has 0 bridgehead atoms. The lowest BCUT2D eigenvalue weighted by atomic mass is 9.84. The van der Waals surface area contributed by atoms with E-state index in [1.165, 1.54) is 44.1 Å². The molecule has 0 radical (unpaired) electrons. The molecule has 1 fully saturated rings. The largest absolute Gasteiger partial charge is 0.469 e. The van der Waals surface area contributed by atoms with Gasteiger partial charge in [-0.1, -0.05) is 32.3 Å². The molecular formula is C16H25NO2S. The molecule has 1 aliphatic carbocycles. The number of hydrogen-bond donors (Lipinski definition) is 1. The quantitative estimate of drug-likeness (QED) is 0.809. The fraction of sp³-hybridized carbons (Fsp3) is 0.688. The molecule has 1 aromatic heterocycles. The Balaban J connectivity index is 1.98. The van der Waals surface area contributed by atoms with Crippen molar-refractivity contribution in [2.75, 3.05) is 7.11 Å². The van der Waals surface area contributed by atoms with E-state index in [9.17, 15) is 4.79 Å². The van der Waals surface area contributed by atoms with E-state index in [1.807, 2.05) is 6.07 Å². The topological polar surface area (TPSA) is 38.3 Å². The third kappa shape index (κ3) is 4.32. The Morgan fingerprint density at radius 3 is 3.05 bits per heavy atom. The van der Waals surface area contributed by atoms with Crippen molar-refractivity contribution in [2.24, 2.45) is 5.92 Å². The van der Waals surface area contributed by atoms with Gasteiger partial charge in [0.1, 0.15) is 0 Å². The minimum absolute atomic E-state index is 0.100. The summed E-state index contributed by atoms with van der Waals surface area (Å²) in [7, 11) is 1.46.